The molecule has 1 amide bonds. The molecule has 1 aromatic heterocycles. The predicted octanol–water partition coefficient (Wildman–Crippen LogP) is 4.11. The van der Waals surface area contributed by atoms with E-state index in [9.17, 15) is 4.79 Å². The van der Waals surface area contributed by atoms with E-state index in [-0.39, 0.29) is 5.91 Å². The fourth-order valence-corrected chi connectivity index (χ4v) is 3.76. The Balaban J connectivity index is 1.49. The van der Waals surface area contributed by atoms with Gasteiger partial charge in [0.25, 0.3) is 5.91 Å². The normalized spacial score (nSPS) is 17.3. The van der Waals surface area contributed by atoms with E-state index in [1.807, 2.05) is 53.0 Å². The Morgan fingerprint density at radius 1 is 1.08 bits per heavy atom. The van der Waals surface area contributed by atoms with E-state index in [0.29, 0.717) is 5.92 Å². The van der Waals surface area contributed by atoms with Gasteiger partial charge >= 0.3 is 0 Å². The zero-order chi connectivity index (χ0) is 17.9. The maximum Gasteiger partial charge on any atom is 0.253 e. The van der Waals surface area contributed by atoms with Crippen molar-refractivity contribution in [2.75, 3.05) is 13.1 Å². The van der Waals surface area contributed by atoms with Crippen LogP contribution < -0.4 is 0 Å². The van der Waals surface area contributed by atoms with Crippen LogP contribution in [0.3, 0.4) is 0 Å². The SMILES string of the molecule is Cn1cncc1-c1ccc(C(=O)N2CCCC(c3ccccc3)C2)cc1. The first kappa shape index (κ1) is 16.6. The molecule has 1 unspecified atom stereocenters. The van der Waals surface area contributed by atoms with Crippen LogP contribution in [-0.2, 0) is 7.05 Å². The van der Waals surface area contributed by atoms with Gasteiger partial charge in [-0.15, -0.1) is 0 Å². The summed E-state index contributed by atoms with van der Waals surface area (Å²) in [7, 11) is 1.97. The number of aromatic nitrogens is 2. The second-order valence-corrected chi connectivity index (χ2v) is 6.97. The van der Waals surface area contributed by atoms with Crippen molar-refractivity contribution in [2.45, 2.75) is 18.8 Å². The highest BCUT2D eigenvalue weighted by molar-refractivity contribution is 5.94. The fraction of sp³-hybridized carbons (Fsp3) is 0.273. The number of likely N-dealkylation sites (tertiary alicyclic amines) is 1. The summed E-state index contributed by atoms with van der Waals surface area (Å²) in [6.07, 6.45) is 5.82. The summed E-state index contributed by atoms with van der Waals surface area (Å²) >= 11 is 0. The van der Waals surface area contributed by atoms with Crippen LogP contribution in [-0.4, -0.2) is 33.4 Å². The lowest BCUT2D eigenvalue weighted by atomic mass is 9.90. The molecule has 132 valence electrons. The summed E-state index contributed by atoms with van der Waals surface area (Å²) in [5.41, 5.74) is 4.20. The number of nitrogens with zero attached hydrogens (tertiary/aromatic N) is 3. The molecule has 3 aromatic rings. The zero-order valence-corrected chi connectivity index (χ0v) is 15.0. The maximum absolute atomic E-state index is 12.9. The third kappa shape index (κ3) is 3.27. The molecule has 0 saturated carbocycles. The van der Waals surface area contributed by atoms with Gasteiger partial charge in [-0.1, -0.05) is 42.5 Å². The van der Waals surface area contributed by atoms with Gasteiger partial charge in [0.2, 0.25) is 0 Å². The third-order valence-corrected chi connectivity index (χ3v) is 5.22. The highest BCUT2D eigenvalue weighted by Gasteiger charge is 2.25. The number of hydrogen-bond acceptors (Lipinski definition) is 2. The second kappa shape index (κ2) is 7.16. The quantitative estimate of drug-likeness (QED) is 0.716. The lowest BCUT2D eigenvalue weighted by Gasteiger charge is -2.33. The minimum atomic E-state index is 0.127. The Bertz CT molecular complexity index is 883. The number of aryl methyl sites for hydroxylation is 1. The third-order valence-electron chi connectivity index (χ3n) is 5.22. The van der Waals surface area contributed by atoms with Crippen molar-refractivity contribution in [1.29, 1.82) is 0 Å². The molecule has 1 aliphatic heterocycles. The number of carbonyl (C=O) groups excluding carboxylic acids is 1. The first-order valence-corrected chi connectivity index (χ1v) is 9.13. The topological polar surface area (TPSA) is 38.1 Å². The Hall–Kier alpha value is -2.88. The van der Waals surface area contributed by atoms with Gasteiger partial charge in [0.1, 0.15) is 0 Å². The number of benzene rings is 2. The molecule has 0 spiro atoms. The van der Waals surface area contributed by atoms with Crippen LogP contribution in [0.5, 0.6) is 0 Å². The monoisotopic (exact) mass is 345 g/mol. The molecule has 0 N–H and O–H groups in total. The van der Waals surface area contributed by atoms with Gasteiger partial charge in [-0.05, 0) is 36.1 Å². The van der Waals surface area contributed by atoms with Gasteiger partial charge < -0.3 is 9.47 Å². The Morgan fingerprint density at radius 2 is 1.85 bits per heavy atom. The second-order valence-electron chi connectivity index (χ2n) is 6.97. The summed E-state index contributed by atoms with van der Waals surface area (Å²) in [4.78, 5) is 19.1. The van der Waals surface area contributed by atoms with Crippen molar-refractivity contribution in [3.8, 4) is 11.3 Å². The predicted molar refractivity (Wildman–Crippen MR) is 103 cm³/mol. The van der Waals surface area contributed by atoms with Gasteiger partial charge in [-0.2, -0.15) is 0 Å². The summed E-state index contributed by atoms with van der Waals surface area (Å²) in [6.45, 7) is 1.64. The Labute approximate surface area is 154 Å². The Kier molecular flexibility index (Phi) is 4.57. The molecular formula is C22H23N3O. The van der Waals surface area contributed by atoms with Crippen molar-refractivity contribution in [3.63, 3.8) is 0 Å². The van der Waals surface area contributed by atoms with Crippen LogP contribution in [0.4, 0.5) is 0 Å². The maximum atomic E-state index is 12.9. The van der Waals surface area contributed by atoms with E-state index >= 15 is 0 Å². The first-order chi connectivity index (χ1) is 12.7. The molecule has 0 aliphatic carbocycles. The van der Waals surface area contributed by atoms with Crippen molar-refractivity contribution >= 4 is 5.91 Å². The van der Waals surface area contributed by atoms with Crippen LogP contribution in [0.2, 0.25) is 0 Å². The molecule has 26 heavy (non-hydrogen) atoms. The molecule has 0 radical (unpaired) electrons. The first-order valence-electron chi connectivity index (χ1n) is 9.13. The van der Waals surface area contributed by atoms with Crippen LogP contribution in [0.1, 0.15) is 34.7 Å². The highest BCUT2D eigenvalue weighted by Crippen LogP contribution is 2.28. The molecule has 1 atom stereocenters. The standard InChI is InChI=1S/C22H23N3O/c1-24-16-23-14-21(24)18-9-11-19(12-10-18)22(26)25-13-5-8-20(15-25)17-6-3-2-4-7-17/h2-4,6-7,9-12,14,16,20H,5,8,13,15H2,1H3. The van der Waals surface area contributed by atoms with E-state index in [2.05, 4.69) is 29.2 Å². The van der Waals surface area contributed by atoms with Crippen molar-refractivity contribution in [2.24, 2.45) is 7.05 Å². The number of piperidine rings is 1. The average Bonchev–Trinajstić information content (AvgIpc) is 3.14. The molecule has 1 saturated heterocycles. The molecule has 1 aliphatic rings. The summed E-state index contributed by atoms with van der Waals surface area (Å²) in [5.74, 6) is 0.560. The lowest BCUT2D eigenvalue weighted by Crippen LogP contribution is -2.39. The largest absolute Gasteiger partial charge is 0.338 e. The molecular weight excluding hydrogens is 322 g/mol. The summed E-state index contributed by atoms with van der Waals surface area (Å²) in [6, 6.07) is 18.4. The molecule has 2 aromatic carbocycles. The van der Waals surface area contributed by atoms with Gasteiger partial charge in [0.05, 0.1) is 18.2 Å². The number of imidazole rings is 1. The average molecular weight is 345 g/mol. The van der Waals surface area contributed by atoms with Crippen molar-refractivity contribution in [3.05, 3.63) is 78.2 Å². The summed E-state index contributed by atoms with van der Waals surface area (Å²) < 4.78 is 1.98. The van der Waals surface area contributed by atoms with E-state index in [1.165, 1.54) is 5.56 Å². The van der Waals surface area contributed by atoms with Crippen LogP contribution in [0, 0.1) is 0 Å². The molecule has 1 fully saturated rings. The van der Waals surface area contributed by atoms with Crippen LogP contribution in [0.25, 0.3) is 11.3 Å². The molecule has 4 rings (SSSR count). The van der Waals surface area contributed by atoms with E-state index in [0.717, 1.165) is 42.8 Å². The van der Waals surface area contributed by atoms with Gasteiger partial charge in [-0.3, -0.25) is 4.79 Å². The van der Waals surface area contributed by atoms with E-state index in [1.54, 1.807) is 6.33 Å². The molecule has 4 heteroatoms. The van der Waals surface area contributed by atoms with Gasteiger partial charge in [-0.25, -0.2) is 4.98 Å². The highest BCUT2D eigenvalue weighted by atomic mass is 16.2. The number of amides is 1. The van der Waals surface area contributed by atoms with Crippen LogP contribution in [0.15, 0.2) is 67.1 Å². The Morgan fingerprint density at radius 3 is 2.54 bits per heavy atom. The summed E-state index contributed by atoms with van der Waals surface area (Å²) in [5, 5.41) is 0. The van der Waals surface area contributed by atoms with E-state index in [4.69, 9.17) is 0 Å². The minimum Gasteiger partial charge on any atom is -0.338 e. The smallest absolute Gasteiger partial charge is 0.253 e. The van der Waals surface area contributed by atoms with E-state index < -0.39 is 0 Å². The molecule has 2 heterocycles. The van der Waals surface area contributed by atoms with Crippen LogP contribution >= 0.6 is 0 Å². The zero-order valence-electron chi connectivity index (χ0n) is 15.0. The lowest BCUT2D eigenvalue weighted by molar-refractivity contribution is 0.0707. The molecule has 0 bridgehead atoms. The molecule has 4 nitrogen and oxygen atoms in total. The van der Waals surface area contributed by atoms with Gasteiger partial charge in [0.15, 0.2) is 0 Å². The number of hydrogen-bond donors (Lipinski definition) is 0. The minimum absolute atomic E-state index is 0.127. The van der Waals surface area contributed by atoms with Gasteiger partial charge in [0, 0.05) is 31.6 Å². The number of rotatable bonds is 3. The fourth-order valence-electron chi connectivity index (χ4n) is 3.76. The van der Waals surface area contributed by atoms with Crippen molar-refractivity contribution < 1.29 is 4.79 Å². The number of carbonyl (C=O) groups is 1. The van der Waals surface area contributed by atoms with Crippen molar-refractivity contribution in [1.82, 2.24) is 14.5 Å².